The van der Waals surface area contributed by atoms with Crippen molar-refractivity contribution in [3.8, 4) is 11.4 Å². The van der Waals surface area contributed by atoms with E-state index in [1.807, 2.05) is 10.1 Å². The summed E-state index contributed by atoms with van der Waals surface area (Å²) in [6.07, 6.45) is -32.7. The van der Waals surface area contributed by atoms with Gasteiger partial charge in [-0.25, -0.2) is 19.4 Å². The number of nitrogens with one attached hydrogen (secondary N) is 1. The number of benzene rings is 2. The second kappa shape index (κ2) is 10.4. The van der Waals surface area contributed by atoms with Gasteiger partial charge < -0.3 is 5.32 Å². The van der Waals surface area contributed by atoms with Gasteiger partial charge in [-0.1, -0.05) is 48.5 Å². The summed E-state index contributed by atoms with van der Waals surface area (Å²) in [6.45, 7) is 0. The Morgan fingerprint density at radius 2 is 1.21 bits per heavy atom. The molecule has 0 saturated heterocycles. The molecule has 3 aromatic rings. The molecule has 0 aliphatic rings. The molecule has 0 saturated carbocycles. The fourth-order valence-corrected chi connectivity index (χ4v) is 2.75. The number of amides is 1. The molecule has 0 radical (unpaired) electrons. The highest BCUT2D eigenvalue weighted by Gasteiger charge is 2.73. The number of hydrogen-bond donors (Lipinski definition) is 1. The minimum Gasteiger partial charge on any atom is -0.319 e. The van der Waals surface area contributed by atoms with Crippen LogP contribution in [0, 0.1) is 0 Å². The Hall–Kier alpha value is -3.86. The van der Waals surface area contributed by atoms with E-state index in [0.29, 0.717) is 6.20 Å². The first-order chi connectivity index (χ1) is 17.9. The summed E-state index contributed by atoms with van der Waals surface area (Å²) in [5.74, 6) is -1.75. The van der Waals surface area contributed by atoms with Crippen LogP contribution >= 0.6 is 0 Å². The lowest BCUT2D eigenvalue weighted by atomic mass is 10.2. The van der Waals surface area contributed by atoms with E-state index in [9.17, 15) is 53.1 Å². The number of aromatic nitrogens is 2. The Labute approximate surface area is 210 Å². The van der Waals surface area contributed by atoms with Gasteiger partial charge in [-0.05, 0) is 12.1 Å². The van der Waals surface area contributed by atoms with Crippen LogP contribution in [0.4, 0.5) is 54.0 Å². The number of carbonyl (C=O) groups excluding carboxylic acids is 1. The minimum atomic E-state index is -6.95. The molecule has 1 aromatic heterocycles. The average Bonchev–Trinajstić information content (AvgIpc) is 2.83. The van der Waals surface area contributed by atoms with Crippen molar-refractivity contribution >= 4 is 11.6 Å². The van der Waals surface area contributed by atoms with Crippen molar-refractivity contribution in [3.63, 3.8) is 0 Å². The number of halogens is 11. The zero-order valence-electron chi connectivity index (χ0n) is 18.6. The van der Waals surface area contributed by atoms with Crippen molar-refractivity contribution in [3.05, 3.63) is 78.1 Å². The molecule has 39 heavy (non-hydrogen) atoms. The van der Waals surface area contributed by atoms with Crippen LogP contribution < -0.4 is 5.32 Å². The van der Waals surface area contributed by atoms with Gasteiger partial charge in [-0.3, -0.25) is 4.79 Å². The van der Waals surface area contributed by atoms with E-state index in [0.717, 1.165) is 0 Å². The third-order valence-electron chi connectivity index (χ3n) is 4.56. The third kappa shape index (κ3) is 6.59. The first kappa shape index (κ1) is 29.7. The normalized spacial score (nSPS) is 13.3. The zero-order valence-corrected chi connectivity index (χ0v) is 18.6. The number of anilines is 1. The molecular weight excluding hydrogens is 563 g/mol. The molecule has 0 unspecified atom stereocenters. The number of carbonyl (C=O) groups is 1. The summed E-state index contributed by atoms with van der Waals surface area (Å²) < 4.78 is 152. The number of hydrogen-bond acceptors (Lipinski definition) is 5. The molecule has 1 N–H and O–H groups in total. The molecule has 0 spiro atoms. The van der Waals surface area contributed by atoms with Crippen LogP contribution in [0.25, 0.3) is 11.4 Å². The summed E-state index contributed by atoms with van der Waals surface area (Å²) in [4.78, 5) is 19.4. The monoisotopic (exact) mass is 575 g/mol. The summed E-state index contributed by atoms with van der Waals surface area (Å²) in [7, 11) is 0. The second-order valence-electron chi connectivity index (χ2n) is 7.41. The van der Waals surface area contributed by atoms with Crippen molar-refractivity contribution in [2.45, 2.75) is 30.6 Å². The maximum atomic E-state index is 14.9. The van der Waals surface area contributed by atoms with Crippen LogP contribution in [0.2, 0.25) is 0 Å². The van der Waals surface area contributed by atoms with E-state index in [4.69, 9.17) is 0 Å². The second-order valence-corrected chi connectivity index (χ2v) is 7.41. The van der Waals surface area contributed by atoms with E-state index in [2.05, 4.69) is 14.7 Å². The maximum absolute atomic E-state index is 14.9. The molecule has 0 aliphatic heterocycles. The quantitative estimate of drug-likeness (QED) is 0.284. The molecule has 3 rings (SSSR count). The third-order valence-corrected chi connectivity index (χ3v) is 4.56. The molecule has 0 atom stereocenters. The zero-order chi connectivity index (χ0) is 29.3. The molecule has 210 valence electrons. The minimum absolute atomic E-state index is 0.0132. The van der Waals surface area contributed by atoms with Gasteiger partial charge in [0.1, 0.15) is 0 Å². The van der Waals surface area contributed by atoms with Crippen LogP contribution in [0.1, 0.15) is 16.1 Å². The van der Waals surface area contributed by atoms with Crippen molar-refractivity contribution in [2.75, 3.05) is 5.32 Å². The smallest absolute Gasteiger partial charge is 0.319 e. The molecule has 6 nitrogen and oxygen atoms in total. The SMILES string of the molecule is O=C(Nc1cnc(-c2ccccc2)nc1C(F)(F)OC(F)(F)C(F)(F)OC(F)(F)C(F)(F)F)c1ccccc1. The van der Waals surface area contributed by atoms with Gasteiger partial charge in [0.05, 0.1) is 11.9 Å². The Balaban J connectivity index is 2.03. The molecule has 0 fully saturated rings. The van der Waals surface area contributed by atoms with E-state index in [-0.39, 0.29) is 11.1 Å². The first-order valence-electron chi connectivity index (χ1n) is 10.1. The highest BCUT2D eigenvalue weighted by molar-refractivity contribution is 6.04. The predicted molar refractivity (Wildman–Crippen MR) is 109 cm³/mol. The van der Waals surface area contributed by atoms with E-state index in [1.165, 1.54) is 60.7 Å². The molecule has 2 aromatic carbocycles. The Morgan fingerprint density at radius 1 is 0.692 bits per heavy atom. The van der Waals surface area contributed by atoms with Gasteiger partial charge in [-0.2, -0.15) is 48.3 Å². The topological polar surface area (TPSA) is 73.3 Å². The molecule has 1 heterocycles. The number of alkyl halides is 11. The van der Waals surface area contributed by atoms with Gasteiger partial charge >= 0.3 is 30.6 Å². The number of ether oxygens (including phenoxy) is 2. The molecule has 0 aliphatic carbocycles. The van der Waals surface area contributed by atoms with E-state index < -0.39 is 53.7 Å². The van der Waals surface area contributed by atoms with Crippen molar-refractivity contribution in [1.82, 2.24) is 9.97 Å². The Kier molecular flexibility index (Phi) is 7.89. The highest BCUT2D eigenvalue weighted by Crippen LogP contribution is 2.49. The lowest BCUT2D eigenvalue weighted by molar-refractivity contribution is -0.538. The van der Waals surface area contributed by atoms with Gasteiger partial charge in [-0.15, -0.1) is 0 Å². The fraction of sp³-hybridized carbons (Fsp3) is 0.227. The fourth-order valence-electron chi connectivity index (χ4n) is 2.75. The summed E-state index contributed by atoms with van der Waals surface area (Å²) in [5, 5.41) is 1.84. The van der Waals surface area contributed by atoms with Crippen LogP contribution in [0.3, 0.4) is 0 Å². The summed E-state index contributed by atoms with van der Waals surface area (Å²) in [5.41, 5.74) is -3.30. The van der Waals surface area contributed by atoms with Gasteiger partial charge in [0, 0.05) is 11.1 Å². The Morgan fingerprint density at radius 3 is 1.74 bits per heavy atom. The van der Waals surface area contributed by atoms with Crippen molar-refractivity contribution < 1.29 is 62.6 Å². The molecule has 17 heteroatoms. The van der Waals surface area contributed by atoms with Crippen LogP contribution in [-0.2, 0) is 15.6 Å². The first-order valence-corrected chi connectivity index (χ1v) is 10.1. The molecule has 0 bridgehead atoms. The maximum Gasteiger partial charge on any atom is 0.483 e. The summed E-state index contributed by atoms with van der Waals surface area (Å²) >= 11 is 0. The lowest BCUT2D eigenvalue weighted by Crippen LogP contribution is -2.54. The number of nitrogens with zero attached hydrogens (tertiary/aromatic N) is 2. The van der Waals surface area contributed by atoms with Crippen molar-refractivity contribution in [1.29, 1.82) is 0 Å². The van der Waals surface area contributed by atoms with Crippen LogP contribution in [0.5, 0.6) is 0 Å². The average molecular weight is 575 g/mol. The predicted octanol–water partition coefficient (Wildman–Crippen LogP) is 6.82. The van der Waals surface area contributed by atoms with Gasteiger partial charge in [0.2, 0.25) is 0 Å². The van der Waals surface area contributed by atoms with E-state index in [1.54, 1.807) is 0 Å². The van der Waals surface area contributed by atoms with Gasteiger partial charge in [0.15, 0.2) is 11.5 Å². The Bertz CT molecular complexity index is 1300. The molecule has 1 amide bonds. The number of rotatable bonds is 9. The van der Waals surface area contributed by atoms with Crippen LogP contribution in [-0.4, -0.2) is 40.4 Å². The lowest BCUT2D eigenvalue weighted by Gasteiger charge is -2.31. The standard InChI is InChI=1S/C22H12F11N3O3/c23-18(24,38-21(30,31)22(32,33)39-20(28,29)19(25,26)27)15-14(35-17(37)13-9-5-2-6-10-13)11-34-16(36-15)12-7-3-1-4-8-12/h1-11H,(H,35,37). The largest absolute Gasteiger partial charge is 0.483 e. The highest BCUT2D eigenvalue weighted by atomic mass is 19.4. The molecular formula is C22H12F11N3O3. The van der Waals surface area contributed by atoms with Gasteiger partial charge in [0.25, 0.3) is 5.91 Å². The van der Waals surface area contributed by atoms with Crippen LogP contribution in [0.15, 0.2) is 66.9 Å². The van der Waals surface area contributed by atoms with Crippen molar-refractivity contribution in [2.24, 2.45) is 0 Å². The van der Waals surface area contributed by atoms with E-state index >= 15 is 0 Å². The summed E-state index contributed by atoms with van der Waals surface area (Å²) in [6, 6.07) is 13.4.